The van der Waals surface area contributed by atoms with Crippen LogP contribution in [0.5, 0.6) is 0 Å². The smallest absolute Gasteiger partial charge is 0.235 e. The molecule has 2 amide bonds. The average Bonchev–Trinajstić information content (AvgIpc) is 3.17. The molecule has 0 aliphatic carbocycles. The molecule has 4 atom stereocenters. The molecular formula is C15H22N2O4. The summed E-state index contributed by atoms with van der Waals surface area (Å²) < 4.78 is 11.1. The number of likely N-dealkylation sites (tertiary alicyclic amines) is 1. The fourth-order valence-corrected chi connectivity index (χ4v) is 4.27. The Balaban J connectivity index is 1.33. The number of carbonyl (C=O) groups is 2. The SMILES string of the molecule is O=C1[C@@H]2[C@H](C(=O)N1CCCN1CCOCC1)[C@@H]1CC[C@H]2O1. The summed E-state index contributed by atoms with van der Waals surface area (Å²) in [6, 6.07) is 0. The van der Waals surface area contributed by atoms with Gasteiger partial charge in [-0.1, -0.05) is 0 Å². The van der Waals surface area contributed by atoms with Crippen LogP contribution in [0.3, 0.4) is 0 Å². The van der Waals surface area contributed by atoms with E-state index < -0.39 is 0 Å². The summed E-state index contributed by atoms with van der Waals surface area (Å²) in [4.78, 5) is 28.8. The van der Waals surface area contributed by atoms with Crippen LogP contribution in [0.25, 0.3) is 0 Å². The Bertz CT molecular complexity index is 421. The van der Waals surface area contributed by atoms with Crippen LogP contribution in [0.15, 0.2) is 0 Å². The maximum absolute atomic E-state index is 12.5. The lowest BCUT2D eigenvalue weighted by Gasteiger charge is -2.27. The number of carbonyl (C=O) groups excluding carboxylic acids is 2. The van der Waals surface area contributed by atoms with Crippen molar-refractivity contribution >= 4 is 11.8 Å². The molecule has 0 radical (unpaired) electrons. The monoisotopic (exact) mass is 294 g/mol. The number of amides is 2. The first-order valence-electron chi connectivity index (χ1n) is 8.06. The van der Waals surface area contributed by atoms with E-state index in [1.165, 1.54) is 4.90 Å². The first-order valence-corrected chi connectivity index (χ1v) is 8.06. The van der Waals surface area contributed by atoms with E-state index in [0.29, 0.717) is 6.54 Å². The molecule has 4 fully saturated rings. The number of morpholine rings is 1. The molecule has 2 bridgehead atoms. The zero-order chi connectivity index (χ0) is 14.4. The lowest BCUT2D eigenvalue weighted by Crippen LogP contribution is -2.40. The van der Waals surface area contributed by atoms with Crippen molar-refractivity contribution in [1.82, 2.24) is 9.80 Å². The van der Waals surface area contributed by atoms with Gasteiger partial charge in [0.1, 0.15) is 0 Å². The van der Waals surface area contributed by atoms with Crippen LogP contribution in [-0.2, 0) is 19.1 Å². The Morgan fingerprint density at radius 1 is 0.952 bits per heavy atom. The van der Waals surface area contributed by atoms with Gasteiger partial charge in [0, 0.05) is 26.2 Å². The first-order chi connectivity index (χ1) is 10.3. The molecule has 0 spiro atoms. The molecule has 4 saturated heterocycles. The normalized spacial score (nSPS) is 39.3. The molecular weight excluding hydrogens is 272 g/mol. The lowest BCUT2D eigenvalue weighted by molar-refractivity contribution is -0.142. The van der Waals surface area contributed by atoms with Gasteiger partial charge in [-0.05, 0) is 19.3 Å². The summed E-state index contributed by atoms with van der Waals surface area (Å²) in [5, 5.41) is 0. The fraction of sp³-hybridized carbons (Fsp3) is 0.867. The van der Waals surface area contributed by atoms with E-state index in [1.54, 1.807) is 0 Å². The summed E-state index contributed by atoms with van der Waals surface area (Å²) in [6.07, 6.45) is 2.73. The van der Waals surface area contributed by atoms with E-state index >= 15 is 0 Å². The zero-order valence-corrected chi connectivity index (χ0v) is 12.2. The Kier molecular flexibility index (Phi) is 3.47. The summed E-state index contributed by atoms with van der Waals surface area (Å²) in [5.74, 6) is -0.336. The van der Waals surface area contributed by atoms with Gasteiger partial charge in [0.15, 0.2) is 0 Å². The van der Waals surface area contributed by atoms with Gasteiger partial charge in [0.25, 0.3) is 0 Å². The third kappa shape index (κ3) is 2.20. The molecule has 4 aliphatic rings. The first kappa shape index (κ1) is 13.7. The molecule has 0 N–H and O–H groups in total. The highest BCUT2D eigenvalue weighted by Gasteiger charge is 2.62. The number of hydrogen-bond donors (Lipinski definition) is 0. The fourth-order valence-electron chi connectivity index (χ4n) is 4.27. The summed E-state index contributed by atoms with van der Waals surface area (Å²) in [5.41, 5.74) is 0. The maximum Gasteiger partial charge on any atom is 0.235 e. The van der Waals surface area contributed by atoms with Crippen molar-refractivity contribution in [3.8, 4) is 0 Å². The highest BCUT2D eigenvalue weighted by molar-refractivity contribution is 6.06. The third-order valence-electron chi connectivity index (χ3n) is 5.34. The van der Waals surface area contributed by atoms with Crippen molar-refractivity contribution in [3.05, 3.63) is 0 Å². The molecule has 0 aromatic heterocycles. The molecule has 0 aromatic carbocycles. The molecule has 4 rings (SSSR count). The average molecular weight is 294 g/mol. The number of ether oxygens (including phenoxy) is 2. The molecule has 4 aliphatic heterocycles. The highest BCUT2D eigenvalue weighted by Crippen LogP contribution is 2.48. The number of nitrogens with zero attached hydrogens (tertiary/aromatic N) is 2. The second kappa shape index (κ2) is 5.34. The Morgan fingerprint density at radius 3 is 2.19 bits per heavy atom. The number of fused-ring (bicyclic) bond motifs is 5. The van der Waals surface area contributed by atoms with E-state index in [0.717, 1.165) is 52.1 Å². The van der Waals surface area contributed by atoms with Crippen LogP contribution in [-0.4, -0.2) is 73.2 Å². The zero-order valence-electron chi connectivity index (χ0n) is 12.2. The largest absolute Gasteiger partial charge is 0.379 e. The minimum absolute atomic E-state index is 0.000642. The molecule has 4 heterocycles. The summed E-state index contributed by atoms with van der Waals surface area (Å²) >= 11 is 0. The number of hydrogen-bond acceptors (Lipinski definition) is 5. The van der Waals surface area contributed by atoms with E-state index in [-0.39, 0.29) is 35.9 Å². The Hall–Kier alpha value is -0.980. The van der Waals surface area contributed by atoms with E-state index in [9.17, 15) is 9.59 Å². The predicted molar refractivity (Wildman–Crippen MR) is 73.5 cm³/mol. The molecule has 0 aromatic rings. The molecule has 6 heteroatoms. The highest BCUT2D eigenvalue weighted by atomic mass is 16.5. The molecule has 6 nitrogen and oxygen atoms in total. The Labute approximate surface area is 124 Å². The second-order valence-corrected chi connectivity index (χ2v) is 6.48. The van der Waals surface area contributed by atoms with Gasteiger partial charge in [0.2, 0.25) is 11.8 Å². The van der Waals surface area contributed by atoms with E-state index in [1.807, 2.05) is 0 Å². The van der Waals surface area contributed by atoms with Gasteiger partial charge in [-0.15, -0.1) is 0 Å². The van der Waals surface area contributed by atoms with Gasteiger partial charge >= 0.3 is 0 Å². The third-order valence-corrected chi connectivity index (χ3v) is 5.34. The minimum atomic E-state index is -0.181. The Morgan fingerprint density at radius 2 is 1.57 bits per heavy atom. The molecule has 21 heavy (non-hydrogen) atoms. The number of rotatable bonds is 4. The molecule has 0 unspecified atom stereocenters. The van der Waals surface area contributed by atoms with Gasteiger partial charge in [-0.3, -0.25) is 19.4 Å². The van der Waals surface area contributed by atoms with Gasteiger partial charge < -0.3 is 9.47 Å². The number of imide groups is 1. The standard InChI is InChI=1S/C15H22N2O4/c18-14-12-10-2-3-11(21-10)13(12)15(19)17(14)5-1-4-16-6-8-20-9-7-16/h10-13H,1-9H2/t10-,11+,12+,13-. The van der Waals surface area contributed by atoms with E-state index in [4.69, 9.17) is 9.47 Å². The van der Waals surface area contributed by atoms with Crippen molar-refractivity contribution in [3.63, 3.8) is 0 Å². The van der Waals surface area contributed by atoms with Gasteiger partial charge in [0.05, 0.1) is 37.3 Å². The van der Waals surface area contributed by atoms with Gasteiger partial charge in [-0.25, -0.2) is 0 Å². The van der Waals surface area contributed by atoms with Crippen molar-refractivity contribution < 1.29 is 19.1 Å². The van der Waals surface area contributed by atoms with Gasteiger partial charge in [-0.2, -0.15) is 0 Å². The maximum atomic E-state index is 12.5. The van der Waals surface area contributed by atoms with Crippen LogP contribution in [0.2, 0.25) is 0 Å². The van der Waals surface area contributed by atoms with Crippen molar-refractivity contribution in [2.45, 2.75) is 31.5 Å². The van der Waals surface area contributed by atoms with Crippen LogP contribution < -0.4 is 0 Å². The second-order valence-electron chi connectivity index (χ2n) is 6.48. The van der Waals surface area contributed by atoms with Crippen LogP contribution in [0, 0.1) is 11.8 Å². The molecule has 0 saturated carbocycles. The van der Waals surface area contributed by atoms with Crippen LogP contribution in [0.4, 0.5) is 0 Å². The summed E-state index contributed by atoms with van der Waals surface area (Å²) in [7, 11) is 0. The molecule has 116 valence electrons. The predicted octanol–water partition coefficient (Wildman–Crippen LogP) is -0.129. The summed E-state index contributed by atoms with van der Waals surface area (Å²) in [6.45, 7) is 4.95. The van der Waals surface area contributed by atoms with Crippen molar-refractivity contribution in [1.29, 1.82) is 0 Å². The van der Waals surface area contributed by atoms with Crippen molar-refractivity contribution in [2.24, 2.45) is 11.8 Å². The topological polar surface area (TPSA) is 59.1 Å². The van der Waals surface area contributed by atoms with Crippen LogP contribution >= 0.6 is 0 Å². The minimum Gasteiger partial charge on any atom is -0.379 e. The quantitative estimate of drug-likeness (QED) is 0.676. The lowest BCUT2D eigenvalue weighted by atomic mass is 9.81. The van der Waals surface area contributed by atoms with Crippen LogP contribution in [0.1, 0.15) is 19.3 Å². The van der Waals surface area contributed by atoms with Crippen molar-refractivity contribution in [2.75, 3.05) is 39.4 Å². The van der Waals surface area contributed by atoms with E-state index in [2.05, 4.69) is 4.90 Å².